The van der Waals surface area contributed by atoms with E-state index >= 15 is 0 Å². The number of esters is 1. The predicted octanol–water partition coefficient (Wildman–Crippen LogP) is -2.83. The second-order valence-corrected chi connectivity index (χ2v) is 2.61. The van der Waals surface area contributed by atoms with E-state index in [1.807, 2.05) is 6.92 Å². The molecule has 0 radical (unpaired) electrons. The molecule has 0 saturated carbocycles. The van der Waals surface area contributed by atoms with Crippen LogP contribution in [0.1, 0.15) is 26.7 Å². The monoisotopic (exact) mass is 208 g/mol. The van der Waals surface area contributed by atoms with E-state index in [0.29, 0.717) is 0 Å². The SMILES string of the molecule is CCCCOC(=O)/C([O-])=C/C(C)=O.[Na+]. The summed E-state index contributed by atoms with van der Waals surface area (Å²) in [5.41, 5.74) is 0. The number of ether oxygens (including phenoxy) is 1. The minimum atomic E-state index is -0.955. The van der Waals surface area contributed by atoms with Crippen LogP contribution in [0.5, 0.6) is 0 Å². The smallest absolute Gasteiger partial charge is 0.868 e. The minimum absolute atomic E-state index is 0. The fourth-order valence-corrected chi connectivity index (χ4v) is 0.624. The molecular formula is C9H13NaO4. The van der Waals surface area contributed by atoms with E-state index in [2.05, 4.69) is 4.74 Å². The van der Waals surface area contributed by atoms with Crippen LogP contribution in [-0.4, -0.2) is 18.4 Å². The molecule has 0 aliphatic rings. The third-order valence-electron chi connectivity index (χ3n) is 1.27. The van der Waals surface area contributed by atoms with Crippen LogP contribution in [0.15, 0.2) is 11.8 Å². The standard InChI is InChI=1S/C9H14O4.Na/c1-3-4-5-13-9(12)8(11)6-7(2)10;/h6,11H,3-5H2,1-2H3;/q;+1/p-1/b8-6-;. The van der Waals surface area contributed by atoms with Crippen LogP contribution in [-0.2, 0) is 14.3 Å². The van der Waals surface area contributed by atoms with Crippen molar-refractivity contribution in [2.75, 3.05) is 6.61 Å². The Morgan fingerprint density at radius 2 is 2.00 bits per heavy atom. The van der Waals surface area contributed by atoms with Crippen molar-refractivity contribution in [1.82, 2.24) is 0 Å². The quantitative estimate of drug-likeness (QED) is 0.160. The predicted molar refractivity (Wildman–Crippen MR) is 44.6 cm³/mol. The van der Waals surface area contributed by atoms with Crippen LogP contribution in [0.25, 0.3) is 0 Å². The van der Waals surface area contributed by atoms with Gasteiger partial charge in [-0.3, -0.25) is 4.79 Å². The first-order chi connectivity index (χ1) is 6.07. The number of hydrogen-bond donors (Lipinski definition) is 0. The number of ketones is 1. The molecule has 4 nitrogen and oxygen atoms in total. The summed E-state index contributed by atoms with van der Waals surface area (Å²) >= 11 is 0. The van der Waals surface area contributed by atoms with Gasteiger partial charge in [-0.25, -0.2) is 4.79 Å². The van der Waals surface area contributed by atoms with Crippen molar-refractivity contribution in [3.05, 3.63) is 11.8 Å². The zero-order chi connectivity index (χ0) is 10.3. The molecule has 0 aromatic carbocycles. The third kappa shape index (κ3) is 8.29. The summed E-state index contributed by atoms with van der Waals surface area (Å²) in [6, 6.07) is 0. The van der Waals surface area contributed by atoms with Gasteiger partial charge in [0.25, 0.3) is 0 Å². The average Bonchev–Trinajstić information content (AvgIpc) is 2.03. The summed E-state index contributed by atoms with van der Waals surface area (Å²) in [6.07, 6.45) is 2.34. The Kier molecular flexibility index (Phi) is 10.6. The molecule has 0 aliphatic heterocycles. The first-order valence-corrected chi connectivity index (χ1v) is 4.14. The van der Waals surface area contributed by atoms with Crippen LogP contribution in [0, 0.1) is 0 Å². The van der Waals surface area contributed by atoms with Gasteiger partial charge in [0.1, 0.15) is 0 Å². The van der Waals surface area contributed by atoms with Crippen molar-refractivity contribution in [3.63, 3.8) is 0 Å². The molecule has 74 valence electrons. The maximum Gasteiger partial charge on any atom is 1.00 e. The Morgan fingerprint density at radius 3 is 2.43 bits per heavy atom. The summed E-state index contributed by atoms with van der Waals surface area (Å²) in [6.45, 7) is 3.38. The van der Waals surface area contributed by atoms with E-state index < -0.39 is 17.5 Å². The van der Waals surface area contributed by atoms with E-state index in [0.717, 1.165) is 18.9 Å². The van der Waals surface area contributed by atoms with Gasteiger partial charge in [-0.15, -0.1) is 0 Å². The summed E-state index contributed by atoms with van der Waals surface area (Å²) in [7, 11) is 0. The molecule has 0 saturated heterocycles. The van der Waals surface area contributed by atoms with E-state index in [4.69, 9.17) is 0 Å². The van der Waals surface area contributed by atoms with Crippen molar-refractivity contribution in [2.24, 2.45) is 0 Å². The molecule has 5 heteroatoms. The first kappa shape index (κ1) is 16.1. The second kappa shape index (κ2) is 9.24. The van der Waals surface area contributed by atoms with Crippen LogP contribution >= 0.6 is 0 Å². The van der Waals surface area contributed by atoms with Crippen molar-refractivity contribution >= 4 is 11.8 Å². The van der Waals surface area contributed by atoms with Gasteiger partial charge in [0.05, 0.1) is 6.61 Å². The van der Waals surface area contributed by atoms with Crippen LogP contribution < -0.4 is 34.7 Å². The van der Waals surface area contributed by atoms with Gasteiger partial charge in [-0.1, -0.05) is 13.3 Å². The topological polar surface area (TPSA) is 66.4 Å². The average molecular weight is 208 g/mol. The molecule has 0 unspecified atom stereocenters. The summed E-state index contributed by atoms with van der Waals surface area (Å²) in [5.74, 6) is -2.29. The number of rotatable bonds is 5. The second-order valence-electron chi connectivity index (χ2n) is 2.61. The Morgan fingerprint density at radius 1 is 1.43 bits per heavy atom. The van der Waals surface area contributed by atoms with E-state index in [-0.39, 0.29) is 36.2 Å². The number of allylic oxidation sites excluding steroid dienone is 1. The maximum atomic E-state index is 10.8. The van der Waals surface area contributed by atoms with Gasteiger partial charge >= 0.3 is 35.5 Å². The molecule has 0 atom stereocenters. The summed E-state index contributed by atoms with van der Waals surface area (Å²) in [5, 5.41) is 10.8. The molecule has 0 aliphatic carbocycles. The van der Waals surface area contributed by atoms with E-state index in [1.54, 1.807) is 0 Å². The van der Waals surface area contributed by atoms with Crippen molar-refractivity contribution < 1.29 is 49.0 Å². The van der Waals surface area contributed by atoms with Gasteiger partial charge in [0.15, 0.2) is 5.78 Å². The molecule has 0 amide bonds. The molecule has 0 fully saturated rings. The van der Waals surface area contributed by atoms with Crippen molar-refractivity contribution in [2.45, 2.75) is 26.7 Å². The molecular weight excluding hydrogens is 195 g/mol. The summed E-state index contributed by atoms with van der Waals surface area (Å²) < 4.78 is 4.57. The van der Waals surface area contributed by atoms with Crippen molar-refractivity contribution in [1.29, 1.82) is 0 Å². The van der Waals surface area contributed by atoms with Crippen LogP contribution in [0.2, 0.25) is 0 Å². The fourth-order valence-electron chi connectivity index (χ4n) is 0.624. The third-order valence-corrected chi connectivity index (χ3v) is 1.27. The fraction of sp³-hybridized carbons (Fsp3) is 0.556. The zero-order valence-electron chi connectivity index (χ0n) is 8.83. The molecule has 14 heavy (non-hydrogen) atoms. The molecule has 0 aromatic rings. The zero-order valence-corrected chi connectivity index (χ0v) is 10.8. The number of carbonyl (C=O) groups excluding carboxylic acids is 2. The molecule has 0 bridgehead atoms. The van der Waals surface area contributed by atoms with Crippen LogP contribution in [0.4, 0.5) is 0 Å². The van der Waals surface area contributed by atoms with Gasteiger partial charge in [0.2, 0.25) is 0 Å². The molecule has 0 rings (SSSR count). The number of unbranched alkanes of at least 4 members (excludes halogenated alkanes) is 1. The first-order valence-electron chi connectivity index (χ1n) is 4.14. The summed E-state index contributed by atoms with van der Waals surface area (Å²) in [4.78, 5) is 21.2. The maximum absolute atomic E-state index is 10.8. The molecule has 0 aromatic heterocycles. The largest absolute Gasteiger partial charge is 1.00 e. The van der Waals surface area contributed by atoms with E-state index in [9.17, 15) is 14.7 Å². The Balaban J connectivity index is 0. The minimum Gasteiger partial charge on any atom is -0.868 e. The molecule has 0 N–H and O–H groups in total. The van der Waals surface area contributed by atoms with Crippen LogP contribution in [0.3, 0.4) is 0 Å². The molecule has 0 heterocycles. The van der Waals surface area contributed by atoms with Gasteiger partial charge in [-0.05, 0) is 25.2 Å². The number of hydrogen-bond acceptors (Lipinski definition) is 4. The Labute approximate surface area is 106 Å². The van der Waals surface area contributed by atoms with Gasteiger partial charge < -0.3 is 9.84 Å². The van der Waals surface area contributed by atoms with Crippen molar-refractivity contribution in [3.8, 4) is 0 Å². The molecule has 0 spiro atoms. The normalized spacial score (nSPS) is 10.3. The number of carbonyl (C=O) groups is 2. The van der Waals surface area contributed by atoms with Gasteiger partial charge in [-0.2, -0.15) is 0 Å². The Bertz CT molecular complexity index is 223. The van der Waals surface area contributed by atoms with Gasteiger partial charge in [0, 0.05) is 0 Å². The van der Waals surface area contributed by atoms with E-state index in [1.165, 1.54) is 6.92 Å². The Hall–Kier alpha value is -0.320.